The molecule has 0 spiro atoms. The van der Waals surface area contributed by atoms with Crippen molar-refractivity contribution in [2.24, 2.45) is 0 Å². The van der Waals surface area contributed by atoms with Gasteiger partial charge in [-0.2, -0.15) is 5.06 Å². The molecule has 0 aromatic rings. The van der Waals surface area contributed by atoms with Gasteiger partial charge in [-0.15, -0.1) is 0 Å². The molecule has 0 amide bonds. The van der Waals surface area contributed by atoms with Crippen LogP contribution < -0.4 is 0 Å². The average Bonchev–Trinajstić information content (AvgIpc) is 1.58. The number of rotatable bonds is 4. The smallest absolute Gasteiger partial charge is 0.0891 e. The molecule has 0 aromatic carbocycles. The zero-order chi connectivity index (χ0) is 8.15. The van der Waals surface area contributed by atoms with Crippen LogP contribution in [0.15, 0.2) is 0 Å². The molecule has 0 heterocycles. The largest absolute Gasteiger partial charge is 0.307 e. The molecule has 0 N–H and O–H groups in total. The van der Waals surface area contributed by atoms with Crippen LogP contribution in [-0.2, 0) is 4.84 Å². The van der Waals surface area contributed by atoms with Gasteiger partial charge in [-0.3, -0.25) is 4.84 Å². The Bertz CT molecular complexity index is 73.7. The first-order valence-corrected chi connectivity index (χ1v) is 3.51. The van der Waals surface area contributed by atoms with Crippen LogP contribution in [0.4, 0.5) is 0 Å². The summed E-state index contributed by atoms with van der Waals surface area (Å²) < 4.78 is 0. The molecule has 0 saturated heterocycles. The van der Waals surface area contributed by atoms with Crippen molar-refractivity contribution in [3.05, 3.63) is 0 Å². The lowest BCUT2D eigenvalue weighted by atomic mass is 10.4. The van der Waals surface area contributed by atoms with E-state index < -0.39 is 0 Å². The quantitative estimate of drug-likeness (QED) is 0.535. The number of hydrogen-bond acceptors (Lipinski definition) is 3. The summed E-state index contributed by atoms with van der Waals surface area (Å²) in [7, 11) is 7.86. The van der Waals surface area contributed by atoms with Gasteiger partial charge in [0.05, 0.1) is 6.10 Å². The third kappa shape index (κ3) is 6.01. The SMILES string of the molecule is CC(CN(C)C)ON(C)C. The van der Waals surface area contributed by atoms with Crippen molar-refractivity contribution in [1.29, 1.82) is 0 Å². The fraction of sp³-hybridized carbons (Fsp3) is 1.00. The molecule has 1 atom stereocenters. The second kappa shape index (κ2) is 4.66. The minimum absolute atomic E-state index is 0.269. The van der Waals surface area contributed by atoms with Crippen molar-refractivity contribution in [2.45, 2.75) is 13.0 Å². The standard InChI is InChI=1S/C7H18N2O/c1-7(6-8(2)3)10-9(4)5/h7H,6H2,1-5H3. The summed E-state index contributed by atoms with van der Waals surface area (Å²) in [5.41, 5.74) is 0. The van der Waals surface area contributed by atoms with E-state index >= 15 is 0 Å². The molecule has 0 rings (SSSR count). The molecule has 62 valence electrons. The summed E-state index contributed by atoms with van der Waals surface area (Å²) in [6, 6.07) is 0. The van der Waals surface area contributed by atoms with Crippen molar-refractivity contribution in [3.63, 3.8) is 0 Å². The number of likely N-dealkylation sites (N-methyl/N-ethyl adjacent to an activating group) is 1. The minimum atomic E-state index is 0.269. The predicted octanol–water partition coefficient (Wildman–Crippen LogP) is 0.430. The van der Waals surface area contributed by atoms with Crippen LogP contribution in [0.1, 0.15) is 6.92 Å². The second-order valence-electron chi connectivity index (χ2n) is 2.99. The molecule has 0 aliphatic carbocycles. The van der Waals surface area contributed by atoms with Gasteiger partial charge in [-0.1, -0.05) is 0 Å². The highest BCUT2D eigenvalue weighted by Gasteiger charge is 2.03. The number of hydrogen-bond donors (Lipinski definition) is 0. The third-order valence-corrected chi connectivity index (χ3v) is 1.01. The number of hydroxylamine groups is 2. The lowest BCUT2D eigenvalue weighted by molar-refractivity contribution is -0.161. The minimum Gasteiger partial charge on any atom is -0.307 e. The summed E-state index contributed by atoms with van der Waals surface area (Å²) in [4.78, 5) is 7.46. The Morgan fingerprint density at radius 3 is 2.00 bits per heavy atom. The van der Waals surface area contributed by atoms with Gasteiger partial charge >= 0.3 is 0 Å². The molecule has 0 aliphatic rings. The van der Waals surface area contributed by atoms with Gasteiger partial charge in [-0.25, -0.2) is 0 Å². The Morgan fingerprint density at radius 1 is 1.20 bits per heavy atom. The summed E-state index contributed by atoms with van der Waals surface area (Å²) in [5.74, 6) is 0. The summed E-state index contributed by atoms with van der Waals surface area (Å²) in [6.45, 7) is 3.01. The Morgan fingerprint density at radius 2 is 1.70 bits per heavy atom. The molecule has 10 heavy (non-hydrogen) atoms. The van der Waals surface area contributed by atoms with Crippen LogP contribution in [-0.4, -0.2) is 50.8 Å². The molecule has 0 aromatic heterocycles. The highest BCUT2D eigenvalue weighted by atomic mass is 16.7. The maximum Gasteiger partial charge on any atom is 0.0891 e. The Hall–Kier alpha value is -0.120. The molecule has 0 aliphatic heterocycles. The van der Waals surface area contributed by atoms with Crippen LogP contribution in [0.3, 0.4) is 0 Å². The fourth-order valence-electron chi connectivity index (χ4n) is 0.907. The zero-order valence-corrected chi connectivity index (χ0v) is 7.59. The highest BCUT2D eigenvalue weighted by Crippen LogP contribution is 1.92. The normalized spacial score (nSPS) is 14.7. The van der Waals surface area contributed by atoms with Crippen LogP contribution in [0.25, 0.3) is 0 Å². The maximum absolute atomic E-state index is 5.35. The fourth-order valence-corrected chi connectivity index (χ4v) is 0.907. The molecular formula is C7H18N2O. The van der Waals surface area contributed by atoms with Crippen molar-refractivity contribution < 1.29 is 4.84 Å². The highest BCUT2D eigenvalue weighted by molar-refractivity contribution is 4.51. The Labute approximate surface area is 63.5 Å². The zero-order valence-electron chi connectivity index (χ0n) is 7.59. The third-order valence-electron chi connectivity index (χ3n) is 1.01. The first kappa shape index (κ1) is 9.88. The summed E-state index contributed by atoms with van der Waals surface area (Å²) in [5, 5.41) is 1.73. The maximum atomic E-state index is 5.35. The van der Waals surface area contributed by atoms with E-state index in [1.54, 1.807) is 5.06 Å². The van der Waals surface area contributed by atoms with Crippen LogP contribution in [0.2, 0.25) is 0 Å². The van der Waals surface area contributed by atoms with Gasteiger partial charge in [-0.05, 0) is 21.0 Å². The lowest BCUT2D eigenvalue weighted by Crippen LogP contribution is -2.30. The molecule has 0 fully saturated rings. The van der Waals surface area contributed by atoms with Gasteiger partial charge in [0, 0.05) is 20.6 Å². The van der Waals surface area contributed by atoms with E-state index in [4.69, 9.17) is 4.84 Å². The average molecular weight is 146 g/mol. The Balaban J connectivity index is 3.34. The molecule has 3 heteroatoms. The van der Waals surface area contributed by atoms with E-state index in [9.17, 15) is 0 Å². The summed E-state index contributed by atoms with van der Waals surface area (Å²) >= 11 is 0. The van der Waals surface area contributed by atoms with E-state index in [0.29, 0.717) is 0 Å². The molecular weight excluding hydrogens is 128 g/mol. The van der Waals surface area contributed by atoms with E-state index in [0.717, 1.165) is 6.54 Å². The van der Waals surface area contributed by atoms with Crippen molar-refractivity contribution in [1.82, 2.24) is 9.96 Å². The van der Waals surface area contributed by atoms with Gasteiger partial charge in [0.25, 0.3) is 0 Å². The van der Waals surface area contributed by atoms with E-state index in [-0.39, 0.29) is 6.10 Å². The van der Waals surface area contributed by atoms with Gasteiger partial charge in [0.1, 0.15) is 0 Å². The Kier molecular flexibility index (Phi) is 4.60. The van der Waals surface area contributed by atoms with Crippen LogP contribution in [0.5, 0.6) is 0 Å². The van der Waals surface area contributed by atoms with E-state index in [1.165, 1.54) is 0 Å². The first-order chi connectivity index (χ1) is 4.52. The summed E-state index contributed by atoms with van der Waals surface area (Å²) in [6.07, 6.45) is 0.269. The van der Waals surface area contributed by atoms with Gasteiger partial charge in [0.2, 0.25) is 0 Å². The topological polar surface area (TPSA) is 15.7 Å². The monoisotopic (exact) mass is 146 g/mol. The predicted molar refractivity (Wildman–Crippen MR) is 42.8 cm³/mol. The van der Waals surface area contributed by atoms with Crippen LogP contribution in [0, 0.1) is 0 Å². The van der Waals surface area contributed by atoms with Crippen LogP contribution >= 0.6 is 0 Å². The second-order valence-corrected chi connectivity index (χ2v) is 2.99. The van der Waals surface area contributed by atoms with E-state index in [1.807, 2.05) is 28.2 Å². The molecule has 0 radical (unpaired) electrons. The van der Waals surface area contributed by atoms with Crippen molar-refractivity contribution in [3.8, 4) is 0 Å². The molecule has 0 bridgehead atoms. The first-order valence-electron chi connectivity index (χ1n) is 3.51. The van der Waals surface area contributed by atoms with Crippen molar-refractivity contribution in [2.75, 3.05) is 34.7 Å². The molecule has 1 unspecified atom stereocenters. The molecule has 3 nitrogen and oxygen atoms in total. The lowest BCUT2D eigenvalue weighted by Gasteiger charge is -2.20. The van der Waals surface area contributed by atoms with E-state index in [2.05, 4.69) is 11.8 Å². The van der Waals surface area contributed by atoms with Gasteiger partial charge < -0.3 is 4.90 Å². The molecule has 0 saturated carbocycles. The van der Waals surface area contributed by atoms with Gasteiger partial charge in [0.15, 0.2) is 0 Å². The number of nitrogens with zero attached hydrogens (tertiary/aromatic N) is 2. The van der Waals surface area contributed by atoms with Crippen molar-refractivity contribution >= 4 is 0 Å².